The molecule has 6 unspecified atom stereocenters. The van der Waals surface area contributed by atoms with Gasteiger partial charge in [-0.1, -0.05) is 148 Å². The Kier molecular flexibility index (Phi) is 31.4. The second-order valence-electron chi connectivity index (χ2n) is 15.6. The topological polar surface area (TPSA) is 210 Å². The molecular formula is C42H79O13P. The van der Waals surface area contributed by atoms with Gasteiger partial charge in [-0.3, -0.25) is 18.6 Å². The number of aliphatic hydroxyl groups excluding tert-OH is 5. The Hall–Kier alpha value is -1.41. The fourth-order valence-electron chi connectivity index (χ4n) is 6.75. The van der Waals surface area contributed by atoms with Gasteiger partial charge in [0.05, 0.1) is 6.61 Å². The van der Waals surface area contributed by atoms with Crippen molar-refractivity contribution in [1.29, 1.82) is 0 Å². The normalized spacial score (nSPS) is 22.9. The summed E-state index contributed by atoms with van der Waals surface area (Å²) < 4.78 is 33.4. The molecule has 6 N–H and O–H groups in total. The van der Waals surface area contributed by atoms with Gasteiger partial charge in [0.25, 0.3) is 0 Å². The number of hydrogen-bond acceptors (Lipinski definition) is 12. The number of unbranched alkanes of at least 4 members (excludes halogenated alkanes) is 22. The molecule has 56 heavy (non-hydrogen) atoms. The predicted molar refractivity (Wildman–Crippen MR) is 217 cm³/mol. The Balaban J connectivity index is 2.48. The first kappa shape index (κ1) is 52.6. The molecule has 0 bridgehead atoms. The lowest BCUT2D eigenvalue weighted by Gasteiger charge is -2.41. The second kappa shape index (κ2) is 33.4. The van der Waals surface area contributed by atoms with Gasteiger partial charge in [-0.05, 0) is 38.5 Å². The van der Waals surface area contributed by atoms with Crippen molar-refractivity contribution in [2.24, 2.45) is 0 Å². The molecule has 1 fully saturated rings. The fraction of sp³-hybridized carbons (Fsp3) is 0.905. The third-order valence-electron chi connectivity index (χ3n) is 10.4. The number of aliphatic hydroxyl groups is 5. The molecule has 0 aromatic heterocycles. The first-order valence-corrected chi connectivity index (χ1v) is 23.5. The highest BCUT2D eigenvalue weighted by Gasteiger charge is 2.51. The summed E-state index contributed by atoms with van der Waals surface area (Å²) in [6.45, 7) is 3.26. The molecule has 1 aliphatic rings. The lowest BCUT2D eigenvalue weighted by molar-refractivity contribution is -0.220. The second-order valence-corrected chi connectivity index (χ2v) is 17.0. The first-order chi connectivity index (χ1) is 26.9. The molecule has 0 aromatic carbocycles. The molecule has 0 spiro atoms. The molecule has 8 atom stereocenters. The van der Waals surface area contributed by atoms with Crippen LogP contribution >= 0.6 is 7.82 Å². The minimum Gasteiger partial charge on any atom is -0.462 e. The zero-order valence-electron chi connectivity index (χ0n) is 34.7. The number of phosphoric ester groups is 1. The van der Waals surface area contributed by atoms with Crippen molar-refractivity contribution < 1.29 is 63.1 Å². The van der Waals surface area contributed by atoms with E-state index in [9.17, 15) is 44.6 Å². The molecule has 0 saturated heterocycles. The number of carbonyl (C=O) groups excluding carboxylic acids is 2. The number of carbonyl (C=O) groups is 2. The van der Waals surface area contributed by atoms with Gasteiger partial charge in [0.1, 0.15) is 43.2 Å². The fourth-order valence-corrected chi connectivity index (χ4v) is 7.73. The van der Waals surface area contributed by atoms with Crippen molar-refractivity contribution in [3.05, 3.63) is 12.2 Å². The Labute approximate surface area is 337 Å². The smallest absolute Gasteiger partial charge is 0.462 e. The Morgan fingerprint density at radius 1 is 0.536 bits per heavy atom. The first-order valence-electron chi connectivity index (χ1n) is 22.0. The van der Waals surface area contributed by atoms with Crippen LogP contribution in [0.3, 0.4) is 0 Å². The minimum absolute atomic E-state index is 0.100. The van der Waals surface area contributed by atoms with Crippen molar-refractivity contribution in [1.82, 2.24) is 0 Å². The van der Waals surface area contributed by atoms with Crippen LogP contribution < -0.4 is 0 Å². The summed E-state index contributed by atoms with van der Waals surface area (Å²) >= 11 is 0. The van der Waals surface area contributed by atoms with E-state index in [2.05, 4.69) is 26.0 Å². The van der Waals surface area contributed by atoms with E-state index in [1.165, 1.54) is 89.9 Å². The van der Waals surface area contributed by atoms with Crippen LogP contribution in [0.5, 0.6) is 0 Å². The van der Waals surface area contributed by atoms with Gasteiger partial charge in [0.2, 0.25) is 0 Å². The molecule has 0 radical (unpaired) electrons. The molecule has 0 aliphatic heterocycles. The molecule has 13 nitrogen and oxygen atoms in total. The SMILES string of the molecule is CCCCC/C=C\CCCCCCCC(=O)OC[C@H](COP(=O)(O)OC1C(O)C(O)C(O)[C@@H](O)C1O)OC(=O)CCCCCCCCCCCCCCCCC. The highest BCUT2D eigenvalue weighted by molar-refractivity contribution is 7.47. The molecule has 1 rings (SSSR count). The number of allylic oxidation sites excluding steroid dienone is 2. The van der Waals surface area contributed by atoms with E-state index < -0.39 is 75.7 Å². The largest absolute Gasteiger partial charge is 0.472 e. The van der Waals surface area contributed by atoms with Crippen LogP contribution in [-0.2, 0) is 32.7 Å². The zero-order chi connectivity index (χ0) is 41.4. The number of ether oxygens (including phenoxy) is 2. The highest BCUT2D eigenvalue weighted by Crippen LogP contribution is 2.47. The third kappa shape index (κ3) is 25.8. The van der Waals surface area contributed by atoms with Crippen LogP contribution in [0.25, 0.3) is 0 Å². The highest BCUT2D eigenvalue weighted by atomic mass is 31.2. The third-order valence-corrected chi connectivity index (χ3v) is 11.3. The van der Waals surface area contributed by atoms with Crippen molar-refractivity contribution in [2.45, 2.75) is 230 Å². The van der Waals surface area contributed by atoms with Gasteiger partial charge in [-0.25, -0.2) is 4.57 Å². The van der Waals surface area contributed by atoms with Gasteiger partial charge in [0, 0.05) is 12.8 Å². The molecule has 0 aromatic rings. The summed E-state index contributed by atoms with van der Waals surface area (Å²) in [6, 6.07) is 0. The summed E-state index contributed by atoms with van der Waals surface area (Å²) in [5.41, 5.74) is 0. The van der Waals surface area contributed by atoms with E-state index in [1.54, 1.807) is 0 Å². The van der Waals surface area contributed by atoms with E-state index >= 15 is 0 Å². The average Bonchev–Trinajstić information content (AvgIpc) is 3.18. The van der Waals surface area contributed by atoms with E-state index in [4.69, 9.17) is 18.5 Å². The summed E-state index contributed by atoms with van der Waals surface area (Å²) in [4.78, 5) is 35.6. The average molecular weight is 823 g/mol. The molecule has 1 saturated carbocycles. The maximum atomic E-state index is 12.8. The monoisotopic (exact) mass is 823 g/mol. The maximum absolute atomic E-state index is 12.8. The van der Waals surface area contributed by atoms with E-state index in [-0.39, 0.29) is 12.8 Å². The van der Waals surface area contributed by atoms with Crippen LogP contribution in [-0.4, -0.2) is 98.3 Å². The Morgan fingerprint density at radius 2 is 0.911 bits per heavy atom. The standard InChI is InChI=1S/C42H79O13P/c1-3-5-7-9-11-13-15-17-18-19-21-23-25-27-29-31-36(44)54-34(32-52-35(43)30-28-26-24-22-20-16-14-12-10-8-6-4-2)33-53-56(50,51)55-42-40(48)38(46)37(45)39(47)41(42)49/h12,14,34,37-42,45-49H,3-11,13,15-33H2,1-2H3,(H,50,51)/b14-12-/t34-,37?,38-,39?,40?,41?,42?/m1/s1. The summed E-state index contributed by atoms with van der Waals surface area (Å²) in [5, 5.41) is 50.0. The number of hydrogen-bond donors (Lipinski definition) is 6. The van der Waals surface area contributed by atoms with Gasteiger partial charge < -0.3 is 39.9 Å². The number of phosphoric acid groups is 1. The molecule has 0 amide bonds. The lowest BCUT2D eigenvalue weighted by Crippen LogP contribution is -2.64. The van der Waals surface area contributed by atoms with Gasteiger partial charge in [0.15, 0.2) is 6.10 Å². The van der Waals surface area contributed by atoms with Crippen molar-refractivity contribution in [3.8, 4) is 0 Å². The molecule has 0 heterocycles. The Bertz CT molecular complexity index is 1040. The molecular weight excluding hydrogens is 743 g/mol. The lowest BCUT2D eigenvalue weighted by atomic mass is 9.85. The van der Waals surface area contributed by atoms with Crippen LogP contribution in [0.15, 0.2) is 12.2 Å². The number of rotatable bonds is 36. The number of esters is 2. The van der Waals surface area contributed by atoms with Crippen LogP contribution in [0, 0.1) is 0 Å². The Morgan fingerprint density at radius 3 is 1.39 bits per heavy atom. The van der Waals surface area contributed by atoms with E-state index in [1.807, 2.05) is 0 Å². The van der Waals surface area contributed by atoms with E-state index in [0.717, 1.165) is 57.8 Å². The summed E-state index contributed by atoms with van der Waals surface area (Å²) in [7, 11) is -5.11. The zero-order valence-corrected chi connectivity index (χ0v) is 35.6. The predicted octanol–water partition coefficient (Wildman–Crippen LogP) is 7.89. The van der Waals surface area contributed by atoms with E-state index in [0.29, 0.717) is 12.8 Å². The van der Waals surface area contributed by atoms with Crippen molar-refractivity contribution >= 4 is 19.8 Å². The van der Waals surface area contributed by atoms with Crippen molar-refractivity contribution in [3.63, 3.8) is 0 Å². The maximum Gasteiger partial charge on any atom is 0.472 e. The minimum atomic E-state index is -5.11. The summed E-state index contributed by atoms with van der Waals surface area (Å²) in [5.74, 6) is -1.10. The van der Waals surface area contributed by atoms with Gasteiger partial charge in [-0.15, -0.1) is 0 Å². The van der Waals surface area contributed by atoms with Crippen LogP contribution in [0.4, 0.5) is 0 Å². The van der Waals surface area contributed by atoms with Gasteiger partial charge >= 0.3 is 19.8 Å². The van der Waals surface area contributed by atoms with Crippen LogP contribution in [0.1, 0.15) is 187 Å². The van der Waals surface area contributed by atoms with Gasteiger partial charge in [-0.2, -0.15) is 0 Å². The van der Waals surface area contributed by atoms with Crippen molar-refractivity contribution in [2.75, 3.05) is 13.2 Å². The molecule has 14 heteroatoms. The molecule has 1 aliphatic carbocycles. The molecule has 330 valence electrons. The van der Waals surface area contributed by atoms with Crippen LogP contribution in [0.2, 0.25) is 0 Å². The quantitative estimate of drug-likeness (QED) is 0.0154. The summed E-state index contributed by atoms with van der Waals surface area (Å²) in [6.07, 6.45) is 19.9.